The third-order valence-corrected chi connectivity index (χ3v) is 4.80. The fraction of sp³-hybridized carbons (Fsp3) is 1.00. The van der Waals surface area contributed by atoms with Gasteiger partial charge in [0.15, 0.2) is 0 Å². The number of nitrogens with zero attached hydrogens (tertiary/aromatic N) is 1. The maximum Gasteiger partial charge on any atom is 0.00123 e. The van der Waals surface area contributed by atoms with Gasteiger partial charge in [-0.3, -0.25) is 0 Å². The fourth-order valence-corrected chi connectivity index (χ4v) is 3.56. The Hall–Kier alpha value is -0.0400. The summed E-state index contributed by atoms with van der Waals surface area (Å²) in [6.07, 6.45) is 11.3. The summed E-state index contributed by atoms with van der Waals surface area (Å²) in [6, 6.07) is 0. The lowest BCUT2D eigenvalue weighted by atomic mass is 9.70. The zero-order chi connectivity index (χ0) is 12.7. The average molecular weight is 239 g/mol. The first-order valence-corrected chi connectivity index (χ1v) is 7.81. The van der Waals surface area contributed by atoms with Crippen molar-refractivity contribution in [1.29, 1.82) is 0 Å². The van der Waals surface area contributed by atoms with Gasteiger partial charge in [0, 0.05) is 6.54 Å². The monoisotopic (exact) mass is 239 g/mol. The van der Waals surface area contributed by atoms with E-state index in [0.717, 1.165) is 5.92 Å². The maximum absolute atomic E-state index is 2.56. The van der Waals surface area contributed by atoms with Crippen LogP contribution >= 0.6 is 0 Å². The van der Waals surface area contributed by atoms with Crippen molar-refractivity contribution < 1.29 is 0 Å². The van der Waals surface area contributed by atoms with E-state index < -0.39 is 0 Å². The second kappa shape index (κ2) is 7.41. The van der Waals surface area contributed by atoms with Gasteiger partial charge in [-0.15, -0.1) is 0 Å². The molecule has 0 radical (unpaired) electrons. The summed E-state index contributed by atoms with van der Waals surface area (Å²) in [5.74, 6) is 0.953. The maximum atomic E-state index is 2.56. The van der Waals surface area contributed by atoms with Gasteiger partial charge in [0.2, 0.25) is 0 Å². The van der Waals surface area contributed by atoms with Gasteiger partial charge < -0.3 is 4.90 Å². The van der Waals surface area contributed by atoms with E-state index >= 15 is 0 Å². The lowest BCUT2D eigenvalue weighted by Gasteiger charge is -2.36. The SMILES string of the molecule is CCCCCCC(C)(CCC)C1CCN(C)C1. The predicted molar refractivity (Wildman–Crippen MR) is 77.4 cm³/mol. The van der Waals surface area contributed by atoms with Crippen LogP contribution in [0.2, 0.25) is 0 Å². The smallest absolute Gasteiger partial charge is 0.00123 e. The van der Waals surface area contributed by atoms with Crippen molar-refractivity contribution in [1.82, 2.24) is 4.90 Å². The Kier molecular flexibility index (Phi) is 6.54. The molecule has 1 aliphatic heterocycles. The zero-order valence-electron chi connectivity index (χ0n) is 12.6. The highest BCUT2D eigenvalue weighted by atomic mass is 15.1. The minimum Gasteiger partial charge on any atom is -0.306 e. The molecule has 1 heteroatoms. The molecule has 0 spiro atoms. The lowest BCUT2D eigenvalue weighted by Crippen LogP contribution is -2.29. The van der Waals surface area contributed by atoms with Crippen molar-refractivity contribution in [3.63, 3.8) is 0 Å². The van der Waals surface area contributed by atoms with Crippen LogP contribution in [0.1, 0.15) is 72.1 Å². The second-order valence-electron chi connectivity index (χ2n) is 6.46. The summed E-state index contributed by atoms with van der Waals surface area (Å²) in [5, 5.41) is 0. The minimum absolute atomic E-state index is 0.618. The summed E-state index contributed by atoms with van der Waals surface area (Å²) in [5.41, 5.74) is 0.618. The van der Waals surface area contributed by atoms with E-state index in [0.29, 0.717) is 5.41 Å². The second-order valence-corrected chi connectivity index (χ2v) is 6.46. The van der Waals surface area contributed by atoms with Gasteiger partial charge in [-0.2, -0.15) is 0 Å². The van der Waals surface area contributed by atoms with Crippen molar-refractivity contribution in [3.05, 3.63) is 0 Å². The van der Waals surface area contributed by atoms with Gasteiger partial charge in [-0.05, 0) is 44.2 Å². The van der Waals surface area contributed by atoms with Crippen molar-refractivity contribution in [2.45, 2.75) is 72.1 Å². The van der Waals surface area contributed by atoms with Gasteiger partial charge in [-0.1, -0.05) is 52.9 Å². The highest BCUT2D eigenvalue weighted by Crippen LogP contribution is 2.42. The first kappa shape index (κ1) is 15.0. The molecule has 1 fully saturated rings. The third-order valence-electron chi connectivity index (χ3n) is 4.80. The topological polar surface area (TPSA) is 3.24 Å². The van der Waals surface area contributed by atoms with Crippen LogP contribution in [0.15, 0.2) is 0 Å². The number of hydrogen-bond donors (Lipinski definition) is 0. The lowest BCUT2D eigenvalue weighted by molar-refractivity contribution is 0.150. The normalized spacial score (nSPS) is 25.1. The van der Waals surface area contributed by atoms with E-state index in [1.807, 2.05) is 0 Å². The number of rotatable bonds is 8. The molecular weight excluding hydrogens is 206 g/mol. The van der Waals surface area contributed by atoms with Gasteiger partial charge in [0.25, 0.3) is 0 Å². The molecule has 102 valence electrons. The summed E-state index contributed by atoms with van der Waals surface area (Å²) in [7, 11) is 2.28. The van der Waals surface area contributed by atoms with Crippen LogP contribution in [-0.4, -0.2) is 25.0 Å². The molecule has 2 atom stereocenters. The first-order chi connectivity index (χ1) is 8.12. The van der Waals surface area contributed by atoms with Gasteiger partial charge in [-0.25, -0.2) is 0 Å². The van der Waals surface area contributed by atoms with Crippen LogP contribution in [0.3, 0.4) is 0 Å². The Morgan fingerprint density at radius 1 is 1.06 bits per heavy atom. The van der Waals surface area contributed by atoms with E-state index in [9.17, 15) is 0 Å². The van der Waals surface area contributed by atoms with E-state index in [1.165, 1.54) is 64.5 Å². The predicted octanol–water partition coefficient (Wildman–Crippen LogP) is 4.71. The average Bonchev–Trinajstić information content (AvgIpc) is 2.72. The molecule has 0 aromatic rings. The summed E-state index contributed by atoms with van der Waals surface area (Å²) in [4.78, 5) is 2.52. The Bertz CT molecular complexity index is 202. The highest BCUT2D eigenvalue weighted by molar-refractivity contribution is 4.88. The standard InChI is InChI=1S/C16H33N/c1-5-7-8-9-12-16(3,11-6-2)15-10-13-17(4)14-15/h15H,5-14H2,1-4H3. The van der Waals surface area contributed by atoms with Crippen LogP contribution in [0, 0.1) is 11.3 Å². The Morgan fingerprint density at radius 3 is 2.35 bits per heavy atom. The molecule has 0 amide bonds. The number of likely N-dealkylation sites (tertiary alicyclic amines) is 1. The van der Waals surface area contributed by atoms with Crippen LogP contribution in [0.4, 0.5) is 0 Å². The highest BCUT2D eigenvalue weighted by Gasteiger charge is 2.36. The molecular formula is C16H33N. The van der Waals surface area contributed by atoms with E-state index in [2.05, 4.69) is 32.7 Å². The van der Waals surface area contributed by atoms with Crippen molar-refractivity contribution in [2.24, 2.45) is 11.3 Å². The number of hydrogen-bond acceptors (Lipinski definition) is 1. The van der Waals surface area contributed by atoms with E-state index in [4.69, 9.17) is 0 Å². The van der Waals surface area contributed by atoms with Crippen molar-refractivity contribution >= 4 is 0 Å². The molecule has 1 nitrogen and oxygen atoms in total. The molecule has 0 aromatic heterocycles. The Labute approximate surface area is 109 Å². The molecule has 0 bridgehead atoms. The molecule has 0 aliphatic carbocycles. The first-order valence-electron chi connectivity index (χ1n) is 7.81. The molecule has 0 saturated carbocycles. The van der Waals surface area contributed by atoms with E-state index in [1.54, 1.807) is 0 Å². The summed E-state index contributed by atoms with van der Waals surface area (Å²) in [6.45, 7) is 9.87. The molecule has 0 aromatic carbocycles. The summed E-state index contributed by atoms with van der Waals surface area (Å²) < 4.78 is 0. The Balaban J connectivity index is 2.43. The van der Waals surface area contributed by atoms with Gasteiger partial charge in [0.1, 0.15) is 0 Å². The van der Waals surface area contributed by atoms with Crippen LogP contribution in [-0.2, 0) is 0 Å². The molecule has 1 aliphatic rings. The summed E-state index contributed by atoms with van der Waals surface area (Å²) >= 11 is 0. The van der Waals surface area contributed by atoms with Crippen molar-refractivity contribution in [3.8, 4) is 0 Å². The zero-order valence-corrected chi connectivity index (χ0v) is 12.6. The third kappa shape index (κ3) is 4.62. The molecule has 1 saturated heterocycles. The largest absolute Gasteiger partial charge is 0.306 e. The van der Waals surface area contributed by atoms with Crippen LogP contribution in [0.5, 0.6) is 0 Å². The minimum atomic E-state index is 0.618. The van der Waals surface area contributed by atoms with Crippen LogP contribution < -0.4 is 0 Å². The van der Waals surface area contributed by atoms with Gasteiger partial charge in [0.05, 0.1) is 0 Å². The van der Waals surface area contributed by atoms with Crippen LogP contribution in [0.25, 0.3) is 0 Å². The molecule has 2 unspecified atom stereocenters. The molecule has 1 rings (SSSR count). The van der Waals surface area contributed by atoms with E-state index in [-0.39, 0.29) is 0 Å². The molecule has 17 heavy (non-hydrogen) atoms. The Morgan fingerprint density at radius 2 is 1.82 bits per heavy atom. The van der Waals surface area contributed by atoms with Crippen molar-refractivity contribution in [2.75, 3.05) is 20.1 Å². The molecule has 0 N–H and O–H groups in total. The van der Waals surface area contributed by atoms with Gasteiger partial charge >= 0.3 is 0 Å². The quantitative estimate of drug-likeness (QED) is 0.554. The molecule has 1 heterocycles. The fourth-order valence-electron chi connectivity index (χ4n) is 3.56. The number of unbranched alkanes of at least 4 members (excludes halogenated alkanes) is 3.